The van der Waals surface area contributed by atoms with E-state index in [-0.39, 0.29) is 15.1 Å². The van der Waals surface area contributed by atoms with Crippen LogP contribution < -0.4 is 10.5 Å². The Bertz CT molecular complexity index is 526. The molecule has 0 aliphatic carbocycles. The van der Waals surface area contributed by atoms with E-state index < -0.39 is 22.0 Å². The molecule has 0 bridgehead atoms. The maximum absolute atomic E-state index is 11.9. The van der Waals surface area contributed by atoms with Gasteiger partial charge in [0.2, 0.25) is 5.91 Å². The summed E-state index contributed by atoms with van der Waals surface area (Å²) in [5.41, 5.74) is 5.31. The minimum absolute atomic E-state index is 0.0545. The first-order valence-electron chi connectivity index (χ1n) is 4.66. The molecule has 0 aromatic carbocycles. The van der Waals surface area contributed by atoms with Crippen molar-refractivity contribution < 1.29 is 13.2 Å². The van der Waals surface area contributed by atoms with Crippen molar-refractivity contribution in [1.82, 2.24) is 9.71 Å². The van der Waals surface area contributed by atoms with Gasteiger partial charge in [-0.25, -0.2) is 18.1 Å². The molecule has 1 rings (SSSR count). The second kappa shape index (κ2) is 5.30. The van der Waals surface area contributed by atoms with Crippen LogP contribution in [0.4, 0.5) is 0 Å². The van der Waals surface area contributed by atoms with Crippen LogP contribution in [-0.2, 0) is 14.8 Å². The van der Waals surface area contributed by atoms with Crippen LogP contribution in [0.1, 0.15) is 19.0 Å². The van der Waals surface area contributed by atoms with Gasteiger partial charge >= 0.3 is 0 Å². The van der Waals surface area contributed by atoms with Crippen molar-refractivity contribution in [3.8, 4) is 0 Å². The number of primary amides is 1. The summed E-state index contributed by atoms with van der Waals surface area (Å²) < 4.78 is 26.4. The highest BCUT2D eigenvalue weighted by Gasteiger charge is 2.23. The van der Waals surface area contributed by atoms with Gasteiger partial charge in [0.05, 0.1) is 5.69 Å². The Labute approximate surface area is 108 Å². The summed E-state index contributed by atoms with van der Waals surface area (Å²) in [5.74, 6) is -0.570. The van der Waals surface area contributed by atoms with Crippen molar-refractivity contribution in [3.63, 3.8) is 0 Å². The van der Waals surface area contributed by atoms with Crippen LogP contribution in [0, 0.1) is 6.92 Å². The van der Waals surface area contributed by atoms with Crippen molar-refractivity contribution in [2.45, 2.75) is 30.5 Å². The molecule has 96 valence electrons. The van der Waals surface area contributed by atoms with Crippen LogP contribution in [0.15, 0.2) is 4.21 Å². The van der Waals surface area contributed by atoms with Gasteiger partial charge in [0, 0.05) is 12.5 Å². The lowest BCUT2D eigenvalue weighted by atomic mass is 10.2. The standard InChI is InChI=1S/C8H12ClN3O3S2/c1-4(3-6(10)13)12-17(14,15)7-5(2)11-8(9)16-7/h4,12H,3H2,1-2H3,(H2,10,13). The number of aryl methyl sites for hydroxylation is 1. The molecule has 0 radical (unpaired) electrons. The van der Waals surface area contributed by atoms with Crippen LogP contribution in [0.3, 0.4) is 0 Å². The molecule has 1 aromatic rings. The molecular weight excluding hydrogens is 286 g/mol. The van der Waals surface area contributed by atoms with E-state index in [1.54, 1.807) is 13.8 Å². The largest absolute Gasteiger partial charge is 0.370 e. The Kier molecular flexibility index (Phi) is 4.48. The number of halogens is 1. The van der Waals surface area contributed by atoms with Gasteiger partial charge in [-0.3, -0.25) is 4.79 Å². The van der Waals surface area contributed by atoms with Gasteiger partial charge in [-0.05, 0) is 13.8 Å². The van der Waals surface area contributed by atoms with Crippen molar-refractivity contribution >= 4 is 38.9 Å². The number of sulfonamides is 1. The highest BCUT2D eigenvalue weighted by Crippen LogP contribution is 2.26. The number of nitrogens with zero attached hydrogens (tertiary/aromatic N) is 1. The lowest BCUT2D eigenvalue weighted by Gasteiger charge is -2.11. The molecule has 0 aliphatic rings. The Morgan fingerprint density at radius 3 is 2.65 bits per heavy atom. The fraction of sp³-hybridized carbons (Fsp3) is 0.500. The Morgan fingerprint density at radius 1 is 1.65 bits per heavy atom. The molecule has 1 amide bonds. The van der Waals surface area contributed by atoms with E-state index in [1.165, 1.54) is 0 Å². The fourth-order valence-corrected chi connectivity index (χ4v) is 4.26. The van der Waals surface area contributed by atoms with Crippen molar-refractivity contribution in [1.29, 1.82) is 0 Å². The number of nitrogens with one attached hydrogen (secondary N) is 1. The van der Waals surface area contributed by atoms with E-state index in [1.807, 2.05) is 0 Å². The van der Waals surface area contributed by atoms with E-state index in [9.17, 15) is 13.2 Å². The van der Waals surface area contributed by atoms with Gasteiger partial charge in [0.25, 0.3) is 10.0 Å². The number of carbonyl (C=O) groups is 1. The summed E-state index contributed by atoms with van der Waals surface area (Å²) in [7, 11) is -3.70. The fourth-order valence-electron chi connectivity index (χ4n) is 1.26. The SMILES string of the molecule is Cc1nc(Cl)sc1S(=O)(=O)NC(C)CC(N)=O. The Hall–Kier alpha value is -0.700. The van der Waals surface area contributed by atoms with Crippen molar-refractivity contribution in [2.24, 2.45) is 5.73 Å². The van der Waals surface area contributed by atoms with Crippen molar-refractivity contribution in [3.05, 3.63) is 10.2 Å². The Morgan fingerprint density at radius 2 is 2.24 bits per heavy atom. The quantitative estimate of drug-likeness (QED) is 0.833. The third-order valence-corrected chi connectivity index (χ3v) is 5.30. The number of thiazole rings is 1. The molecule has 9 heteroatoms. The van der Waals surface area contributed by atoms with Crippen LogP contribution in [0.2, 0.25) is 4.47 Å². The number of hydrogen-bond acceptors (Lipinski definition) is 5. The molecular formula is C8H12ClN3O3S2. The topological polar surface area (TPSA) is 102 Å². The van der Waals surface area contributed by atoms with E-state index in [4.69, 9.17) is 17.3 Å². The molecule has 6 nitrogen and oxygen atoms in total. The van der Waals surface area contributed by atoms with Gasteiger partial charge in [-0.15, -0.1) is 0 Å². The van der Waals surface area contributed by atoms with E-state index in [0.717, 1.165) is 11.3 Å². The van der Waals surface area contributed by atoms with E-state index in [0.29, 0.717) is 5.69 Å². The van der Waals surface area contributed by atoms with E-state index >= 15 is 0 Å². The van der Waals surface area contributed by atoms with Gasteiger partial charge in [0.15, 0.2) is 8.68 Å². The monoisotopic (exact) mass is 297 g/mol. The maximum Gasteiger partial charge on any atom is 0.252 e. The molecule has 1 aromatic heterocycles. The first kappa shape index (κ1) is 14.4. The van der Waals surface area contributed by atoms with Gasteiger partial charge in [-0.1, -0.05) is 22.9 Å². The zero-order chi connectivity index (χ0) is 13.2. The van der Waals surface area contributed by atoms with Crippen molar-refractivity contribution in [2.75, 3.05) is 0 Å². The lowest BCUT2D eigenvalue weighted by molar-refractivity contribution is -0.118. The average molecular weight is 298 g/mol. The minimum atomic E-state index is -3.70. The highest BCUT2D eigenvalue weighted by atomic mass is 35.5. The number of rotatable bonds is 5. The average Bonchev–Trinajstić information content (AvgIpc) is 2.42. The third-order valence-electron chi connectivity index (χ3n) is 1.84. The number of nitrogens with two attached hydrogens (primary N) is 1. The predicted molar refractivity (Wildman–Crippen MR) is 65.5 cm³/mol. The third kappa shape index (κ3) is 3.91. The molecule has 0 saturated carbocycles. The maximum atomic E-state index is 11.9. The molecule has 0 fully saturated rings. The summed E-state index contributed by atoms with van der Waals surface area (Å²) >= 11 is 6.50. The molecule has 1 atom stereocenters. The normalized spacial score (nSPS) is 13.6. The first-order chi connectivity index (χ1) is 7.72. The zero-order valence-corrected chi connectivity index (χ0v) is 11.6. The molecule has 1 heterocycles. The van der Waals surface area contributed by atoms with E-state index in [2.05, 4.69) is 9.71 Å². The molecule has 1 unspecified atom stereocenters. The van der Waals surface area contributed by atoms with Crippen LogP contribution in [0.5, 0.6) is 0 Å². The highest BCUT2D eigenvalue weighted by molar-refractivity contribution is 7.91. The van der Waals surface area contributed by atoms with Crippen LogP contribution in [0.25, 0.3) is 0 Å². The second-order valence-electron chi connectivity index (χ2n) is 3.53. The number of amides is 1. The summed E-state index contributed by atoms with van der Waals surface area (Å²) in [6, 6.07) is -0.572. The Balaban J connectivity index is 2.89. The summed E-state index contributed by atoms with van der Waals surface area (Å²) in [6.45, 7) is 3.11. The molecule has 0 saturated heterocycles. The molecule has 0 spiro atoms. The van der Waals surface area contributed by atoms with Gasteiger partial charge in [-0.2, -0.15) is 0 Å². The molecule has 17 heavy (non-hydrogen) atoms. The molecule has 3 N–H and O–H groups in total. The summed E-state index contributed by atoms with van der Waals surface area (Å²) in [5, 5.41) is 0. The smallest absolute Gasteiger partial charge is 0.252 e. The number of aromatic nitrogens is 1. The zero-order valence-electron chi connectivity index (χ0n) is 9.23. The number of hydrogen-bond donors (Lipinski definition) is 2. The number of carbonyl (C=O) groups excluding carboxylic acids is 1. The first-order valence-corrected chi connectivity index (χ1v) is 7.33. The summed E-state index contributed by atoms with van der Waals surface area (Å²) in [4.78, 5) is 14.5. The minimum Gasteiger partial charge on any atom is -0.370 e. The second-order valence-corrected chi connectivity index (χ2v) is 7.02. The molecule has 0 aliphatic heterocycles. The van der Waals surface area contributed by atoms with Gasteiger partial charge in [0.1, 0.15) is 0 Å². The van der Waals surface area contributed by atoms with Gasteiger partial charge < -0.3 is 5.73 Å². The summed E-state index contributed by atoms with van der Waals surface area (Å²) in [6.07, 6.45) is -0.0647. The predicted octanol–water partition coefficient (Wildman–Crippen LogP) is 0.647. The lowest BCUT2D eigenvalue weighted by Crippen LogP contribution is -2.35. The van der Waals surface area contributed by atoms with Crippen LogP contribution in [-0.4, -0.2) is 25.4 Å². The van der Waals surface area contributed by atoms with Crippen LogP contribution >= 0.6 is 22.9 Å².